The molecular formula is C14H23IN6S. The van der Waals surface area contributed by atoms with Gasteiger partial charge in [-0.25, -0.2) is 4.98 Å². The van der Waals surface area contributed by atoms with Crippen LogP contribution in [0.1, 0.15) is 17.1 Å². The van der Waals surface area contributed by atoms with Gasteiger partial charge in [0.25, 0.3) is 0 Å². The Balaban J connectivity index is 0.00000242. The van der Waals surface area contributed by atoms with Gasteiger partial charge >= 0.3 is 0 Å². The lowest BCUT2D eigenvalue weighted by molar-refractivity contribution is 0.570. The summed E-state index contributed by atoms with van der Waals surface area (Å²) < 4.78 is 1.93. The van der Waals surface area contributed by atoms with E-state index in [-0.39, 0.29) is 24.0 Å². The molecule has 0 aliphatic carbocycles. The average molecular weight is 434 g/mol. The molecule has 8 heteroatoms. The number of guanidine groups is 1. The second-order valence-corrected chi connectivity index (χ2v) is 5.72. The minimum atomic E-state index is 0. The lowest BCUT2D eigenvalue weighted by atomic mass is 10.3. The summed E-state index contributed by atoms with van der Waals surface area (Å²) in [6, 6.07) is 1.94. The van der Waals surface area contributed by atoms with Crippen LogP contribution in [0, 0.1) is 6.92 Å². The summed E-state index contributed by atoms with van der Waals surface area (Å²) >= 11 is 1.69. The van der Waals surface area contributed by atoms with Crippen molar-refractivity contribution in [2.75, 3.05) is 20.1 Å². The van der Waals surface area contributed by atoms with Crippen molar-refractivity contribution in [2.45, 2.75) is 26.3 Å². The fourth-order valence-corrected chi connectivity index (χ4v) is 2.58. The second kappa shape index (κ2) is 10.5. The highest BCUT2D eigenvalue weighted by molar-refractivity contribution is 14.0. The molecule has 0 radical (unpaired) electrons. The molecule has 2 heterocycles. The number of halogens is 1. The number of aliphatic imine (C=N–C) groups is 1. The van der Waals surface area contributed by atoms with Crippen LogP contribution in [-0.2, 0) is 13.0 Å². The summed E-state index contributed by atoms with van der Waals surface area (Å²) in [5.74, 6) is 0.836. The monoisotopic (exact) mass is 434 g/mol. The van der Waals surface area contributed by atoms with Crippen molar-refractivity contribution in [1.29, 1.82) is 0 Å². The van der Waals surface area contributed by atoms with Crippen LogP contribution in [0.3, 0.4) is 0 Å². The molecule has 2 rings (SSSR count). The summed E-state index contributed by atoms with van der Waals surface area (Å²) in [5, 5.41) is 14.0. The lowest BCUT2D eigenvalue weighted by Gasteiger charge is -2.11. The zero-order chi connectivity index (χ0) is 14.9. The Bertz CT molecular complexity index is 551. The first kappa shape index (κ1) is 18.9. The van der Waals surface area contributed by atoms with Gasteiger partial charge in [0.05, 0.1) is 10.7 Å². The molecule has 2 aromatic rings. The van der Waals surface area contributed by atoms with Crippen LogP contribution in [0.25, 0.3) is 0 Å². The van der Waals surface area contributed by atoms with E-state index in [1.165, 1.54) is 0 Å². The van der Waals surface area contributed by atoms with E-state index in [1.54, 1.807) is 24.6 Å². The standard InChI is InChI=1S/C14H22N6S.HI/c1-12-19-13(11-21-12)5-8-17-14(15-2)16-6-3-9-20-10-4-7-18-20;/h4,7,10-11H,3,5-6,8-9H2,1-2H3,(H2,15,16,17);1H. The van der Waals surface area contributed by atoms with E-state index in [2.05, 4.69) is 31.1 Å². The number of aryl methyl sites for hydroxylation is 2. The molecule has 0 saturated carbocycles. The average Bonchev–Trinajstić information content (AvgIpc) is 3.13. The molecule has 0 bridgehead atoms. The SMILES string of the molecule is CN=C(NCCCn1cccn1)NCCc1csc(C)n1.I. The molecule has 0 aliphatic heterocycles. The van der Waals surface area contributed by atoms with Crippen LogP contribution in [0.5, 0.6) is 0 Å². The Morgan fingerprint density at radius 1 is 1.36 bits per heavy atom. The Labute approximate surface area is 152 Å². The van der Waals surface area contributed by atoms with Crippen LogP contribution in [-0.4, -0.2) is 40.9 Å². The number of thiazole rings is 1. The summed E-state index contributed by atoms with van der Waals surface area (Å²) in [6.45, 7) is 4.65. The van der Waals surface area contributed by atoms with Gasteiger partial charge in [-0.15, -0.1) is 35.3 Å². The minimum absolute atomic E-state index is 0. The molecule has 122 valence electrons. The highest BCUT2D eigenvalue weighted by Crippen LogP contribution is 2.07. The second-order valence-electron chi connectivity index (χ2n) is 4.66. The Morgan fingerprint density at radius 3 is 2.82 bits per heavy atom. The van der Waals surface area contributed by atoms with Crippen LogP contribution >= 0.6 is 35.3 Å². The number of aromatic nitrogens is 3. The van der Waals surface area contributed by atoms with Crippen molar-refractivity contribution >= 4 is 41.3 Å². The smallest absolute Gasteiger partial charge is 0.190 e. The molecule has 0 amide bonds. The fourth-order valence-electron chi connectivity index (χ4n) is 1.93. The molecule has 0 unspecified atom stereocenters. The van der Waals surface area contributed by atoms with Crippen molar-refractivity contribution in [3.63, 3.8) is 0 Å². The molecule has 2 N–H and O–H groups in total. The fraction of sp³-hybridized carbons (Fsp3) is 0.500. The summed E-state index contributed by atoms with van der Waals surface area (Å²) in [5.41, 5.74) is 1.14. The van der Waals surface area contributed by atoms with Crippen molar-refractivity contribution in [2.24, 2.45) is 4.99 Å². The third-order valence-electron chi connectivity index (χ3n) is 2.98. The zero-order valence-corrected chi connectivity index (χ0v) is 16.1. The van der Waals surface area contributed by atoms with Crippen LogP contribution in [0.4, 0.5) is 0 Å². The van der Waals surface area contributed by atoms with E-state index in [4.69, 9.17) is 0 Å². The zero-order valence-electron chi connectivity index (χ0n) is 13.0. The van der Waals surface area contributed by atoms with Gasteiger partial charge in [0, 0.05) is 50.9 Å². The molecule has 0 aromatic carbocycles. The number of rotatable bonds is 7. The highest BCUT2D eigenvalue weighted by Gasteiger charge is 2.00. The molecule has 6 nitrogen and oxygen atoms in total. The first-order valence-corrected chi connectivity index (χ1v) is 7.99. The maximum absolute atomic E-state index is 4.45. The Morgan fingerprint density at radius 2 is 2.18 bits per heavy atom. The van der Waals surface area contributed by atoms with Crippen molar-refractivity contribution in [1.82, 2.24) is 25.4 Å². The Kier molecular flexibility index (Phi) is 9.05. The van der Waals surface area contributed by atoms with Gasteiger partial charge in [-0.3, -0.25) is 9.67 Å². The number of hydrogen-bond acceptors (Lipinski definition) is 4. The molecule has 0 saturated heterocycles. The molecule has 0 spiro atoms. The van der Waals surface area contributed by atoms with Gasteiger partial charge in [-0.1, -0.05) is 0 Å². The van der Waals surface area contributed by atoms with E-state index in [0.717, 1.165) is 49.1 Å². The molecule has 0 atom stereocenters. The minimum Gasteiger partial charge on any atom is -0.356 e. The lowest BCUT2D eigenvalue weighted by Crippen LogP contribution is -2.39. The van der Waals surface area contributed by atoms with Crippen LogP contribution in [0.2, 0.25) is 0 Å². The van der Waals surface area contributed by atoms with Gasteiger partial charge in [0.1, 0.15) is 0 Å². The van der Waals surface area contributed by atoms with Gasteiger partial charge in [0.15, 0.2) is 5.96 Å². The topological polar surface area (TPSA) is 67.1 Å². The van der Waals surface area contributed by atoms with E-state index in [1.807, 2.05) is 23.9 Å². The summed E-state index contributed by atoms with van der Waals surface area (Å²) in [6.07, 6.45) is 5.70. The molecule has 0 fully saturated rings. The van der Waals surface area contributed by atoms with E-state index < -0.39 is 0 Å². The van der Waals surface area contributed by atoms with E-state index >= 15 is 0 Å². The highest BCUT2D eigenvalue weighted by atomic mass is 127. The van der Waals surface area contributed by atoms with Crippen molar-refractivity contribution in [3.05, 3.63) is 34.5 Å². The largest absolute Gasteiger partial charge is 0.356 e. The van der Waals surface area contributed by atoms with E-state index in [9.17, 15) is 0 Å². The van der Waals surface area contributed by atoms with Crippen molar-refractivity contribution < 1.29 is 0 Å². The van der Waals surface area contributed by atoms with Gasteiger partial charge < -0.3 is 10.6 Å². The van der Waals surface area contributed by atoms with Gasteiger partial charge in [0.2, 0.25) is 0 Å². The van der Waals surface area contributed by atoms with Crippen LogP contribution in [0.15, 0.2) is 28.8 Å². The predicted molar refractivity (Wildman–Crippen MR) is 102 cm³/mol. The number of hydrogen-bond donors (Lipinski definition) is 2. The Hall–Kier alpha value is -1.16. The van der Waals surface area contributed by atoms with Crippen molar-refractivity contribution in [3.8, 4) is 0 Å². The molecule has 0 aliphatic rings. The molecule has 2 aromatic heterocycles. The predicted octanol–water partition coefficient (Wildman–Crippen LogP) is 2.06. The van der Waals surface area contributed by atoms with Crippen LogP contribution < -0.4 is 10.6 Å². The first-order chi connectivity index (χ1) is 10.3. The summed E-state index contributed by atoms with van der Waals surface area (Å²) in [4.78, 5) is 8.66. The maximum Gasteiger partial charge on any atom is 0.190 e. The molecule has 22 heavy (non-hydrogen) atoms. The third-order valence-corrected chi connectivity index (χ3v) is 3.80. The number of nitrogens with zero attached hydrogens (tertiary/aromatic N) is 4. The number of nitrogens with one attached hydrogen (secondary N) is 2. The van der Waals surface area contributed by atoms with Gasteiger partial charge in [-0.2, -0.15) is 5.10 Å². The van der Waals surface area contributed by atoms with E-state index in [0.29, 0.717) is 0 Å². The quantitative estimate of drug-likeness (QED) is 0.303. The first-order valence-electron chi connectivity index (χ1n) is 7.11. The third kappa shape index (κ3) is 6.73. The van der Waals surface area contributed by atoms with Gasteiger partial charge in [-0.05, 0) is 19.4 Å². The normalized spacial score (nSPS) is 11.1. The summed E-state index contributed by atoms with van der Waals surface area (Å²) in [7, 11) is 1.79. The molecular weight excluding hydrogens is 411 g/mol. The maximum atomic E-state index is 4.45.